The summed E-state index contributed by atoms with van der Waals surface area (Å²) in [6.07, 6.45) is 0.274. The van der Waals surface area contributed by atoms with Gasteiger partial charge in [-0.25, -0.2) is 0 Å². The van der Waals surface area contributed by atoms with E-state index in [0.29, 0.717) is 12.3 Å². The van der Waals surface area contributed by atoms with Crippen molar-refractivity contribution in [1.29, 1.82) is 0 Å². The lowest BCUT2D eigenvalue weighted by Crippen LogP contribution is -2.46. The monoisotopic (exact) mass is 261 g/mol. The Kier molecular flexibility index (Phi) is 3.64. The van der Waals surface area contributed by atoms with Gasteiger partial charge in [0.2, 0.25) is 5.41 Å². The molecule has 2 rings (SSSR count). The number of hydrogen-bond donors (Lipinski definition) is 0. The number of carbonyl (C=O) groups is 2. The maximum absolute atomic E-state index is 12.1. The van der Waals surface area contributed by atoms with Gasteiger partial charge in [-0.15, -0.1) is 0 Å². The molecule has 1 aliphatic heterocycles. The van der Waals surface area contributed by atoms with Gasteiger partial charge in [0, 0.05) is 6.54 Å². The van der Waals surface area contributed by atoms with Crippen molar-refractivity contribution in [2.45, 2.75) is 6.42 Å². The number of rotatable bonds is 3. The minimum absolute atomic E-state index is 0.274. The first-order chi connectivity index (χ1) is 9.16. The van der Waals surface area contributed by atoms with Crippen LogP contribution in [0.1, 0.15) is 12.0 Å². The van der Waals surface area contributed by atoms with E-state index in [-0.39, 0.29) is 6.42 Å². The van der Waals surface area contributed by atoms with E-state index in [1.54, 1.807) is 0 Å². The summed E-state index contributed by atoms with van der Waals surface area (Å²) in [5, 5.41) is 0. The normalized spacial score (nSPS) is 16.6. The molecule has 0 bridgehead atoms. The molecule has 5 heteroatoms. The number of hydrogen-bond acceptors (Lipinski definition) is 5. The van der Waals surface area contributed by atoms with Gasteiger partial charge in [0.25, 0.3) is 0 Å². The fourth-order valence-corrected chi connectivity index (χ4v) is 2.35. The van der Waals surface area contributed by atoms with Gasteiger partial charge in [-0.3, -0.25) is 14.6 Å². The Labute approximate surface area is 111 Å². The predicted molar refractivity (Wildman–Crippen MR) is 68.9 cm³/mol. The van der Waals surface area contributed by atoms with Gasteiger partial charge in [-0.2, -0.15) is 0 Å². The molecule has 0 saturated heterocycles. The van der Waals surface area contributed by atoms with Gasteiger partial charge in [0.15, 0.2) is 0 Å². The molecule has 0 aromatic heterocycles. The molecule has 100 valence electrons. The first kappa shape index (κ1) is 13.3. The summed E-state index contributed by atoms with van der Waals surface area (Å²) >= 11 is 0. The quantitative estimate of drug-likeness (QED) is 0.606. The Morgan fingerprint density at radius 3 is 2.21 bits per heavy atom. The van der Waals surface area contributed by atoms with Crippen LogP contribution >= 0.6 is 0 Å². The van der Waals surface area contributed by atoms with E-state index >= 15 is 0 Å². The zero-order valence-electron chi connectivity index (χ0n) is 10.9. The molecule has 0 N–H and O–H groups in total. The number of nitrogens with zero attached hydrogens (tertiary/aromatic N) is 1. The molecular weight excluding hydrogens is 246 g/mol. The van der Waals surface area contributed by atoms with Gasteiger partial charge in [-0.05, 0) is 12.0 Å². The molecule has 5 nitrogen and oxygen atoms in total. The van der Waals surface area contributed by atoms with Crippen molar-refractivity contribution in [3.8, 4) is 0 Å². The molecule has 0 spiro atoms. The minimum atomic E-state index is -1.44. The van der Waals surface area contributed by atoms with Crippen LogP contribution in [-0.2, 0) is 19.1 Å². The van der Waals surface area contributed by atoms with E-state index < -0.39 is 17.4 Å². The molecule has 0 saturated carbocycles. The molecule has 19 heavy (non-hydrogen) atoms. The average molecular weight is 261 g/mol. The van der Waals surface area contributed by atoms with Gasteiger partial charge < -0.3 is 9.47 Å². The minimum Gasteiger partial charge on any atom is -0.468 e. The second kappa shape index (κ2) is 5.22. The van der Waals surface area contributed by atoms with Crippen LogP contribution in [0, 0.1) is 5.41 Å². The Morgan fingerprint density at radius 2 is 1.68 bits per heavy atom. The van der Waals surface area contributed by atoms with Crippen LogP contribution in [0.25, 0.3) is 0 Å². The van der Waals surface area contributed by atoms with Crippen molar-refractivity contribution >= 4 is 17.7 Å². The molecule has 1 aromatic carbocycles. The third-order valence-electron chi connectivity index (χ3n) is 3.28. The smallest absolute Gasteiger partial charge is 0.329 e. The summed E-state index contributed by atoms with van der Waals surface area (Å²) in [5.41, 5.74) is -0.284. The maximum Gasteiger partial charge on any atom is 0.329 e. The second-order valence-corrected chi connectivity index (χ2v) is 4.23. The highest BCUT2D eigenvalue weighted by Gasteiger charge is 2.55. The summed E-state index contributed by atoms with van der Waals surface area (Å²) in [4.78, 5) is 28.5. The SMILES string of the molecule is COC(=O)C1(C(=O)OC)CCN=C1c1ccccc1. The summed E-state index contributed by atoms with van der Waals surface area (Å²) < 4.78 is 9.58. The summed E-state index contributed by atoms with van der Waals surface area (Å²) in [7, 11) is 2.52. The van der Waals surface area contributed by atoms with Crippen molar-refractivity contribution in [2.75, 3.05) is 20.8 Å². The molecule has 0 aliphatic carbocycles. The number of aliphatic imine (C=N–C) groups is 1. The van der Waals surface area contributed by atoms with Crippen LogP contribution in [0.2, 0.25) is 0 Å². The number of esters is 2. The molecule has 1 heterocycles. The van der Waals surface area contributed by atoms with Gasteiger partial charge >= 0.3 is 11.9 Å². The Morgan fingerprint density at radius 1 is 1.11 bits per heavy atom. The van der Waals surface area contributed by atoms with Crippen LogP contribution in [0.5, 0.6) is 0 Å². The van der Waals surface area contributed by atoms with Crippen molar-refractivity contribution in [2.24, 2.45) is 10.4 Å². The average Bonchev–Trinajstić information content (AvgIpc) is 2.92. The molecule has 1 aliphatic rings. The van der Waals surface area contributed by atoms with E-state index in [2.05, 4.69) is 4.99 Å². The maximum atomic E-state index is 12.1. The molecular formula is C14H15NO4. The summed E-state index contributed by atoms with van der Waals surface area (Å²) in [6, 6.07) is 9.14. The van der Waals surface area contributed by atoms with Crippen LogP contribution < -0.4 is 0 Å². The van der Waals surface area contributed by atoms with Gasteiger partial charge in [0.1, 0.15) is 0 Å². The van der Waals surface area contributed by atoms with Gasteiger partial charge in [-0.1, -0.05) is 30.3 Å². The van der Waals surface area contributed by atoms with Crippen LogP contribution in [0.15, 0.2) is 35.3 Å². The number of benzene rings is 1. The van der Waals surface area contributed by atoms with E-state index in [4.69, 9.17) is 9.47 Å². The molecule has 0 fully saturated rings. The fourth-order valence-electron chi connectivity index (χ4n) is 2.35. The molecule has 0 unspecified atom stereocenters. The Hall–Kier alpha value is -2.17. The Bertz CT molecular complexity index is 506. The molecule has 1 aromatic rings. The lowest BCUT2D eigenvalue weighted by molar-refractivity contribution is -0.163. The fraction of sp³-hybridized carbons (Fsp3) is 0.357. The van der Waals surface area contributed by atoms with E-state index in [1.165, 1.54) is 14.2 Å². The molecule has 0 radical (unpaired) electrons. The van der Waals surface area contributed by atoms with Gasteiger partial charge in [0.05, 0.1) is 19.9 Å². The lowest BCUT2D eigenvalue weighted by Gasteiger charge is -2.25. The third kappa shape index (κ3) is 2.01. The highest BCUT2D eigenvalue weighted by atomic mass is 16.5. The van der Waals surface area contributed by atoms with Crippen LogP contribution in [0.4, 0.5) is 0 Å². The van der Waals surface area contributed by atoms with E-state index in [1.807, 2.05) is 30.3 Å². The summed E-state index contributed by atoms with van der Waals surface area (Å²) in [5.74, 6) is -1.25. The summed E-state index contributed by atoms with van der Waals surface area (Å²) in [6.45, 7) is 0.397. The van der Waals surface area contributed by atoms with Crippen molar-refractivity contribution < 1.29 is 19.1 Å². The largest absolute Gasteiger partial charge is 0.468 e. The first-order valence-corrected chi connectivity index (χ1v) is 5.94. The van der Waals surface area contributed by atoms with Crippen molar-refractivity contribution in [1.82, 2.24) is 0 Å². The van der Waals surface area contributed by atoms with Crippen molar-refractivity contribution in [3.63, 3.8) is 0 Å². The molecule has 0 amide bonds. The number of carbonyl (C=O) groups excluding carboxylic acids is 2. The van der Waals surface area contributed by atoms with Crippen LogP contribution in [-0.4, -0.2) is 38.4 Å². The topological polar surface area (TPSA) is 65.0 Å². The molecule has 0 atom stereocenters. The number of methoxy groups -OCH3 is 2. The standard InChI is InChI=1S/C14H15NO4/c1-18-12(16)14(13(17)19-2)8-9-15-11(14)10-6-4-3-5-7-10/h3-7H,8-9H2,1-2H3. The third-order valence-corrected chi connectivity index (χ3v) is 3.28. The zero-order valence-corrected chi connectivity index (χ0v) is 10.9. The Balaban J connectivity index is 2.53. The number of ether oxygens (including phenoxy) is 2. The zero-order chi connectivity index (χ0) is 13.9. The van der Waals surface area contributed by atoms with E-state index in [0.717, 1.165) is 5.56 Å². The second-order valence-electron chi connectivity index (χ2n) is 4.23. The van der Waals surface area contributed by atoms with Crippen molar-refractivity contribution in [3.05, 3.63) is 35.9 Å². The predicted octanol–water partition coefficient (Wildman–Crippen LogP) is 1.21. The first-order valence-electron chi connectivity index (χ1n) is 5.94. The van der Waals surface area contributed by atoms with Crippen LogP contribution in [0.3, 0.4) is 0 Å². The highest BCUT2D eigenvalue weighted by Crippen LogP contribution is 2.35. The lowest BCUT2D eigenvalue weighted by atomic mass is 9.78. The highest BCUT2D eigenvalue weighted by molar-refractivity contribution is 6.28. The van der Waals surface area contributed by atoms with E-state index in [9.17, 15) is 9.59 Å².